The highest BCUT2D eigenvalue weighted by Gasteiger charge is 2.55. The predicted octanol–water partition coefficient (Wildman–Crippen LogP) is 2.90. The molecule has 0 aliphatic carbocycles. The van der Waals surface area contributed by atoms with E-state index in [9.17, 15) is 19.8 Å². The zero-order chi connectivity index (χ0) is 14.9. The lowest BCUT2D eigenvalue weighted by molar-refractivity contribution is -0.159. The number of carboxylic acids is 2. The van der Waals surface area contributed by atoms with Crippen LogP contribution in [0.2, 0.25) is 0 Å². The fourth-order valence-corrected chi connectivity index (χ4v) is 2.80. The first kappa shape index (κ1) is 14.7. The largest absolute Gasteiger partial charge is 0.480 e. The average Bonchev–Trinajstić information content (AvgIpc) is 2.80. The Kier molecular flexibility index (Phi) is 3.94. The lowest BCUT2D eigenvalue weighted by Gasteiger charge is -2.21. The summed E-state index contributed by atoms with van der Waals surface area (Å²) in [4.78, 5) is 27.3. The van der Waals surface area contributed by atoms with Gasteiger partial charge in [0.1, 0.15) is 0 Å². The van der Waals surface area contributed by atoms with Crippen LogP contribution in [0.15, 0.2) is 33.7 Å². The Bertz CT molecular complexity index is 565. The highest BCUT2D eigenvalue weighted by atomic mass is 79.9. The number of rotatable bonds is 4. The highest BCUT2D eigenvalue weighted by molar-refractivity contribution is 9.10. The second kappa shape index (κ2) is 5.36. The fraction of sp³-hybridized carbons (Fsp3) is 0.357. The molecule has 5 nitrogen and oxygen atoms in total. The number of aliphatic carboxylic acids is 2. The van der Waals surface area contributed by atoms with Gasteiger partial charge in [-0.3, -0.25) is 14.6 Å². The summed E-state index contributed by atoms with van der Waals surface area (Å²) in [6, 6.07) is 6.89. The van der Waals surface area contributed by atoms with E-state index in [0.29, 0.717) is 6.42 Å². The maximum absolute atomic E-state index is 11.5. The maximum Gasteiger partial charge on any atom is 0.327 e. The van der Waals surface area contributed by atoms with E-state index in [1.54, 1.807) is 6.92 Å². The fourth-order valence-electron chi connectivity index (χ4n) is 2.54. The van der Waals surface area contributed by atoms with E-state index in [-0.39, 0.29) is 12.1 Å². The third-order valence-corrected chi connectivity index (χ3v) is 4.15. The second-order valence-corrected chi connectivity index (χ2v) is 5.63. The number of carboxylic acid groups (broad SMARTS) is 2. The molecule has 6 heteroatoms. The van der Waals surface area contributed by atoms with Crippen molar-refractivity contribution in [3.8, 4) is 0 Å². The van der Waals surface area contributed by atoms with Gasteiger partial charge < -0.3 is 10.2 Å². The van der Waals surface area contributed by atoms with E-state index in [1.165, 1.54) is 0 Å². The predicted molar refractivity (Wildman–Crippen MR) is 76.9 cm³/mol. The van der Waals surface area contributed by atoms with Crippen molar-refractivity contribution >= 4 is 33.6 Å². The molecule has 0 aromatic heterocycles. The van der Waals surface area contributed by atoms with E-state index in [4.69, 9.17) is 0 Å². The molecule has 0 saturated carbocycles. The molecule has 1 unspecified atom stereocenters. The molecule has 0 amide bonds. The van der Waals surface area contributed by atoms with Crippen molar-refractivity contribution < 1.29 is 19.8 Å². The van der Waals surface area contributed by atoms with Crippen LogP contribution in [0.4, 0.5) is 0 Å². The smallest absolute Gasteiger partial charge is 0.327 e. The Morgan fingerprint density at radius 3 is 2.25 bits per heavy atom. The summed E-state index contributed by atoms with van der Waals surface area (Å²) < 4.78 is 0.904. The summed E-state index contributed by atoms with van der Waals surface area (Å²) in [5.74, 6) is -2.68. The van der Waals surface area contributed by atoms with E-state index in [1.807, 2.05) is 24.3 Å². The third kappa shape index (κ3) is 2.24. The van der Waals surface area contributed by atoms with Gasteiger partial charge in [0.2, 0.25) is 5.41 Å². The molecular weight excluding hydrogens is 326 g/mol. The van der Waals surface area contributed by atoms with Gasteiger partial charge in [0, 0.05) is 16.6 Å². The monoisotopic (exact) mass is 339 g/mol. The lowest BCUT2D eigenvalue weighted by atomic mass is 9.78. The van der Waals surface area contributed by atoms with E-state index >= 15 is 0 Å². The van der Waals surface area contributed by atoms with Gasteiger partial charge in [-0.1, -0.05) is 35.0 Å². The Hall–Kier alpha value is -1.69. The van der Waals surface area contributed by atoms with Gasteiger partial charge >= 0.3 is 11.9 Å². The highest BCUT2D eigenvalue weighted by Crippen LogP contribution is 2.43. The van der Waals surface area contributed by atoms with E-state index in [2.05, 4.69) is 20.9 Å². The standard InChI is InChI=1S/C14H14BrNO4/c1-2-11-14(12(17)18,13(19)20)7-10(16-11)8-3-5-9(15)6-4-8/h3-6,10H,2,7H2,1H3,(H,17,18)(H,19,20). The van der Waals surface area contributed by atoms with Crippen LogP contribution in [0.3, 0.4) is 0 Å². The number of benzene rings is 1. The molecule has 0 radical (unpaired) electrons. The third-order valence-electron chi connectivity index (χ3n) is 3.62. The molecule has 20 heavy (non-hydrogen) atoms. The molecule has 0 spiro atoms. The van der Waals surface area contributed by atoms with Gasteiger partial charge in [-0.2, -0.15) is 0 Å². The number of hydrogen-bond acceptors (Lipinski definition) is 3. The van der Waals surface area contributed by atoms with Gasteiger partial charge in [-0.05, 0) is 24.1 Å². The molecule has 1 aliphatic rings. The number of carbonyl (C=O) groups is 2. The van der Waals surface area contributed by atoms with Gasteiger partial charge in [0.25, 0.3) is 0 Å². The van der Waals surface area contributed by atoms with Crippen molar-refractivity contribution in [2.75, 3.05) is 0 Å². The Labute approximate surface area is 124 Å². The molecule has 106 valence electrons. The van der Waals surface area contributed by atoms with Gasteiger partial charge in [-0.25, -0.2) is 0 Å². The van der Waals surface area contributed by atoms with E-state index in [0.717, 1.165) is 10.0 Å². The normalized spacial score (nSPS) is 20.5. The summed E-state index contributed by atoms with van der Waals surface area (Å²) in [6.07, 6.45) is 0.272. The van der Waals surface area contributed by atoms with Crippen molar-refractivity contribution in [1.29, 1.82) is 0 Å². The molecule has 1 heterocycles. The summed E-state index contributed by atoms with van der Waals surface area (Å²) in [5.41, 5.74) is -0.846. The molecule has 1 atom stereocenters. The van der Waals surface area contributed by atoms with Crippen LogP contribution in [0.1, 0.15) is 31.4 Å². The van der Waals surface area contributed by atoms with Crippen LogP contribution < -0.4 is 0 Å². The number of aliphatic imine (C=N–C) groups is 1. The SMILES string of the molecule is CCC1=NC(c2ccc(Br)cc2)CC1(C(=O)O)C(=O)O. The molecule has 0 fully saturated rings. The zero-order valence-corrected chi connectivity index (χ0v) is 12.4. The average molecular weight is 340 g/mol. The minimum Gasteiger partial charge on any atom is -0.480 e. The first-order valence-electron chi connectivity index (χ1n) is 6.21. The van der Waals surface area contributed by atoms with Crippen LogP contribution in [-0.4, -0.2) is 27.9 Å². The molecular formula is C14H14BrNO4. The van der Waals surface area contributed by atoms with Crippen molar-refractivity contribution in [3.63, 3.8) is 0 Å². The van der Waals surface area contributed by atoms with Crippen LogP contribution in [0.25, 0.3) is 0 Å². The van der Waals surface area contributed by atoms with Crippen LogP contribution in [0.5, 0.6) is 0 Å². The Morgan fingerprint density at radius 1 is 1.30 bits per heavy atom. The van der Waals surface area contributed by atoms with Crippen LogP contribution in [0, 0.1) is 5.41 Å². The first-order valence-corrected chi connectivity index (χ1v) is 7.00. The number of hydrogen-bond donors (Lipinski definition) is 2. The molecule has 1 aliphatic heterocycles. The Balaban J connectivity index is 2.43. The second-order valence-electron chi connectivity index (χ2n) is 4.72. The molecule has 2 rings (SSSR count). The summed E-state index contributed by atoms with van der Waals surface area (Å²) in [6.45, 7) is 1.73. The zero-order valence-electron chi connectivity index (χ0n) is 10.8. The molecule has 0 bridgehead atoms. The first-order chi connectivity index (χ1) is 9.41. The minimum atomic E-state index is -1.90. The topological polar surface area (TPSA) is 87.0 Å². The lowest BCUT2D eigenvalue weighted by Crippen LogP contribution is -2.44. The van der Waals surface area contributed by atoms with Gasteiger partial charge in [0.15, 0.2) is 0 Å². The molecule has 0 saturated heterocycles. The molecule has 2 N–H and O–H groups in total. The van der Waals surface area contributed by atoms with E-state index < -0.39 is 23.4 Å². The van der Waals surface area contributed by atoms with Crippen molar-refractivity contribution in [2.24, 2.45) is 10.4 Å². The number of halogens is 1. The quantitative estimate of drug-likeness (QED) is 0.825. The minimum absolute atomic E-state index is 0.0392. The van der Waals surface area contributed by atoms with Gasteiger partial charge in [0.05, 0.1) is 6.04 Å². The summed E-state index contributed by atoms with van der Waals surface area (Å²) in [5, 5.41) is 18.8. The molecule has 1 aromatic rings. The van der Waals surface area contributed by atoms with Crippen LogP contribution in [-0.2, 0) is 9.59 Å². The Morgan fingerprint density at radius 2 is 1.85 bits per heavy atom. The van der Waals surface area contributed by atoms with Crippen LogP contribution >= 0.6 is 15.9 Å². The maximum atomic E-state index is 11.5. The summed E-state index contributed by atoms with van der Waals surface area (Å²) in [7, 11) is 0. The summed E-state index contributed by atoms with van der Waals surface area (Å²) >= 11 is 3.32. The van der Waals surface area contributed by atoms with Crippen molar-refractivity contribution in [2.45, 2.75) is 25.8 Å². The van der Waals surface area contributed by atoms with Gasteiger partial charge in [-0.15, -0.1) is 0 Å². The molecule has 1 aromatic carbocycles. The number of nitrogens with zero attached hydrogens (tertiary/aromatic N) is 1. The van der Waals surface area contributed by atoms with Crippen molar-refractivity contribution in [1.82, 2.24) is 0 Å². The van der Waals surface area contributed by atoms with Crippen molar-refractivity contribution in [3.05, 3.63) is 34.3 Å².